The van der Waals surface area contributed by atoms with Crippen LogP contribution in [0.3, 0.4) is 0 Å². The number of carbonyl (C=O) groups is 1. The van der Waals surface area contributed by atoms with Crippen molar-refractivity contribution in [3.63, 3.8) is 0 Å². The molecule has 0 saturated carbocycles. The summed E-state index contributed by atoms with van der Waals surface area (Å²) >= 11 is 0. The van der Waals surface area contributed by atoms with Gasteiger partial charge in [0.15, 0.2) is 11.2 Å². The molecule has 0 saturated heterocycles. The van der Waals surface area contributed by atoms with Gasteiger partial charge in [0.2, 0.25) is 10.3 Å². The molecule has 17 heavy (non-hydrogen) atoms. The number of rotatable bonds is 6. The van der Waals surface area contributed by atoms with Gasteiger partial charge in [-0.05, 0) is 5.92 Å². The SMILES string of the molecule is COC(=O)C(C(C(C)C)C(OC)OC)=S(=O)=O. The van der Waals surface area contributed by atoms with E-state index in [0.29, 0.717) is 0 Å². The highest BCUT2D eigenvalue weighted by Crippen LogP contribution is 2.20. The quantitative estimate of drug-likeness (QED) is 0.385. The Morgan fingerprint density at radius 1 is 1.06 bits per heavy atom. The molecule has 0 radical (unpaired) electrons. The largest absolute Gasteiger partial charge is 0.465 e. The number of hydrogen-bond donors (Lipinski definition) is 0. The maximum absolute atomic E-state index is 11.5. The van der Waals surface area contributed by atoms with Crippen molar-refractivity contribution in [2.75, 3.05) is 21.3 Å². The lowest BCUT2D eigenvalue weighted by atomic mass is 9.91. The molecular formula is C10H18O6S. The summed E-state index contributed by atoms with van der Waals surface area (Å²) in [4.78, 5) is 11.1. The molecule has 0 spiro atoms. The minimum Gasteiger partial charge on any atom is -0.465 e. The van der Waals surface area contributed by atoms with E-state index in [1.54, 1.807) is 13.8 Å². The maximum atomic E-state index is 11.5. The van der Waals surface area contributed by atoms with E-state index in [1.807, 2.05) is 0 Å². The Hall–Kier alpha value is -0.920. The average molecular weight is 266 g/mol. The second-order valence-electron chi connectivity index (χ2n) is 3.70. The summed E-state index contributed by atoms with van der Waals surface area (Å²) in [5.41, 5.74) is 0. The second-order valence-corrected chi connectivity index (χ2v) is 4.61. The first-order valence-electron chi connectivity index (χ1n) is 5.00. The second kappa shape index (κ2) is 7.41. The van der Waals surface area contributed by atoms with Crippen LogP contribution in [0.1, 0.15) is 13.8 Å². The standard InChI is InChI=1S/C10H18O6S/c1-6(2)7(10(15-4)16-5)8(17(12)13)9(11)14-3/h6-7,10H,1-5H3. The minimum atomic E-state index is -2.68. The molecule has 0 aromatic heterocycles. The van der Waals surface area contributed by atoms with Crippen LogP contribution in [0.5, 0.6) is 0 Å². The lowest BCUT2D eigenvalue weighted by Crippen LogP contribution is -2.40. The fraction of sp³-hybridized carbons (Fsp3) is 0.800. The molecule has 0 heterocycles. The predicted octanol–water partition coefficient (Wildman–Crippen LogP) is 0.102. The van der Waals surface area contributed by atoms with Crippen LogP contribution in [0.15, 0.2) is 0 Å². The Bertz CT molecular complexity index is 372. The monoisotopic (exact) mass is 266 g/mol. The van der Waals surface area contributed by atoms with Crippen molar-refractivity contribution in [2.24, 2.45) is 11.8 Å². The predicted molar refractivity (Wildman–Crippen MR) is 62.1 cm³/mol. The zero-order valence-electron chi connectivity index (χ0n) is 10.6. The summed E-state index contributed by atoms with van der Waals surface area (Å²) in [5, 5.41) is 0. The zero-order valence-corrected chi connectivity index (χ0v) is 11.4. The summed E-state index contributed by atoms with van der Waals surface area (Å²) in [6.45, 7) is 3.54. The van der Waals surface area contributed by atoms with Crippen LogP contribution in [0.2, 0.25) is 0 Å². The Morgan fingerprint density at radius 3 is 1.76 bits per heavy atom. The smallest absolute Gasteiger partial charge is 0.349 e. The van der Waals surface area contributed by atoms with E-state index in [0.717, 1.165) is 7.11 Å². The van der Waals surface area contributed by atoms with Crippen molar-refractivity contribution < 1.29 is 27.4 Å². The van der Waals surface area contributed by atoms with Crippen LogP contribution in [-0.4, -0.2) is 46.9 Å². The van der Waals surface area contributed by atoms with Gasteiger partial charge in [-0.25, -0.2) is 4.79 Å². The first-order chi connectivity index (χ1) is 7.90. The summed E-state index contributed by atoms with van der Waals surface area (Å²) in [6.07, 6.45) is -0.818. The number of ether oxygens (including phenoxy) is 3. The molecule has 0 aromatic rings. The molecule has 0 N–H and O–H groups in total. The Balaban J connectivity index is 5.59. The van der Waals surface area contributed by atoms with Gasteiger partial charge in [0.05, 0.1) is 13.0 Å². The van der Waals surface area contributed by atoms with Crippen molar-refractivity contribution in [2.45, 2.75) is 20.1 Å². The van der Waals surface area contributed by atoms with Gasteiger partial charge in [0, 0.05) is 14.2 Å². The normalized spacial score (nSPS) is 12.6. The third-order valence-corrected chi connectivity index (χ3v) is 3.14. The van der Waals surface area contributed by atoms with Gasteiger partial charge in [0.25, 0.3) is 0 Å². The molecule has 1 atom stereocenters. The number of carbonyl (C=O) groups excluding carboxylic acids is 1. The van der Waals surface area contributed by atoms with E-state index in [2.05, 4.69) is 4.74 Å². The first kappa shape index (κ1) is 16.1. The summed E-state index contributed by atoms with van der Waals surface area (Å²) in [7, 11) is 1.21. The van der Waals surface area contributed by atoms with E-state index in [-0.39, 0.29) is 10.8 Å². The Morgan fingerprint density at radius 2 is 1.53 bits per heavy atom. The van der Waals surface area contributed by atoms with Crippen molar-refractivity contribution in [3.8, 4) is 0 Å². The lowest BCUT2D eigenvalue weighted by molar-refractivity contribution is -0.140. The molecule has 0 aromatic carbocycles. The van der Waals surface area contributed by atoms with E-state index >= 15 is 0 Å². The number of esters is 1. The highest BCUT2D eigenvalue weighted by Gasteiger charge is 2.35. The van der Waals surface area contributed by atoms with E-state index in [1.165, 1.54) is 14.2 Å². The molecule has 0 bridgehead atoms. The van der Waals surface area contributed by atoms with Gasteiger partial charge in [0.1, 0.15) is 0 Å². The highest BCUT2D eigenvalue weighted by atomic mass is 32.2. The Kier molecular flexibility index (Phi) is 7.01. The summed E-state index contributed by atoms with van der Waals surface area (Å²) < 4.78 is 36.8. The summed E-state index contributed by atoms with van der Waals surface area (Å²) in [6, 6.07) is 0. The molecule has 100 valence electrons. The van der Waals surface area contributed by atoms with Crippen molar-refractivity contribution in [3.05, 3.63) is 0 Å². The van der Waals surface area contributed by atoms with Gasteiger partial charge in [-0.2, -0.15) is 8.42 Å². The number of hydrogen-bond acceptors (Lipinski definition) is 6. The third kappa shape index (κ3) is 4.10. The van der Waals surface area contributed by atoms with Gasteiger partial charge < -0.3 is 14.2 Å². The molecule has 0 aliphatic carbocycles. The average Bonchev–Trinajstić information content (AvgIpc) is 2.27. The number of methoxy groups -OCH3 is 3. The molecular weight excluding hydrogens is 248 g/mol. The molecule has 6 nitrogen and oxygen atoms in total. The van der Waals surface area contributed by atoms with Crippen LogP contribution >= 0.6 is 0 Å². The topological polar surface area (TPSA) is 78.9 Å². The molecule has 0 aliphatic heterocycles. The minimum absolute atomic E-state index is 0.160. The van der Waals surface area contributed by atoms with E-state index < -0.39 is 28.5 Å². The van der Waals surface area contributed by atoms with Gasteiger partial charge in [-0.15, -0.1) is 0 Å². The van der Waals surface area contributed by atoms with Crippen molar-refractivity contribution in [1.82, 2.24) is 0 Å². The van der Waals surface area contributed by atoms with Crippen LogP contribution in [0, 0.1) is 11.8 Å². The molecule has 7 heteroatoms. The van der Waals surface area contributed by atoms with Crippen LogP contribution in [-0.2, 0) is 29.3 Å². The molecule has 0 fully saturated rings. The first-order valence-corrected chi connectivity index (χ1v) is 6.08. The van der Waals surface area contributed by atoms with E-state index in [4.69, 9.17) is 9.47 Å². The highest BCUT2D eigenvalue weighted by molar-refractivity contribution is 7.74. The van der Waals surface area contributed by atoms with Crippen molar-refractivity contribution >= 4 is 21.1 Å². The van der Waals surface area contributed by atoms with Gasteiger partial charge >= 0.3 is 5.97 Å². The van der Waals surface area contributed by atoms with Crippen LogP contribution in [0.4, 0.5) is 0 Å². The fourth-order valence-corrected chi connectivity index (χ4v) is 2.37. The third-order valence-electron chi connectivity index (χ3n) is 2.34. The molecule has 0 amide bonds. The van der Waals surface area contributed by atoms with Crippen LogP contribution in [0.25, 0.3) is 0 Å². The molecule has 0 rings (SSSR count). The lowest BCUT2D eigenvalue weighted by Gasteiger charge is -2.26. The maximum Gasteiger partial charge on any atom is 0.349 e. The van der Waals surface area contributed by atoms with Crippen molar-refractivity contribution in [1.29, 1.82) is 0 Å². The molecule has 0 aliphatic rings. The van der Waals surface area contributed by atoms with E-state index in [9.17, 15) is 13.2 Å². The summed E-state index contributed by atoms with van der Waals surface area (Å²) in [5.74, 6) is -1.76. The zero-order chi connectivity index (χ0) is 13.6. The molecule has 1 unspecified atom stereocenters. The van der Waals surface area contributed by atoms with Gasteiger partial charge in [-0.1, -0.05) is 13.8 Å². The van der Waals surface area contributed by atoms with Crippen LogP contribution < -0.4 is 0 Å². The fourth-order valence-electron chi connectivity index (χ4n) is 1.55. The Labute approximate surface area is 102 Å². The van der Waals surface area contributed by atoms with Gasteiger partial charge in [-0.3, -0.25) is 0 Å².